The van der Waals surface area contributed by atoms with Gasteiger partial charge in [-0.25, -0.2) is 4.79 Å². The predicted octanol–water partition coefficient (Wildman–Crippen LogP) is 4.15. The van der Waals surface area contributed by atoms with Gasteiger partial charge in [-0.2, -0.15) is 0 Å². The van der Waals surface area contributed by atoms with Crippen molar-refractivity contribution in [3.8, 4) is 5.75 Å². The van der Waals surface area contributed by atoms with Crippen LogP contribution < -0.4 is 15.7 Å². The minimum absolute atomic E-state index is 0.0539. The molecule has 0 saturated carbocycles. The van der Waals surface area contributed by atoms with Gasteiger partial charge in [0.1, 0.15) is 11.3 Å². The zero-order valence-corrected chi connectivity index (χ0v) is 17.4. The Kier molecular flexibility index (Phi) is 5.50. The zero-order valence-electron chi connectivity index (χ0n) is 16.7. The van der Waals surface area contributed by atoms with Crippen LogP contribution in [0.25, 0.3) is 21.9 Å². The lowest BCUT2D eigenvalue weighted by atomic mass is 10.0. The number of hydrogen-bond acceptors (Lipinski definition) is 4. The summed E-state index contributed by atoms with van der Waals surface area (Å²) < 4.78 is 10.6. The van der Waals surface area contributed by atoms with Crippen LogP contribution in [0.15, 0.2) is 51.8 Å². The second-order valence-corrected chi connectivity index (χ2v) is 7.52. The molecule has 0 aliphatic carbocycles. The second kappa shape index (κ2) is 8.24. The second-order valence-electron chi connectivity index (χ2n) is 7.11. The van der Waals surface area contributed by atoms with Crippen molar-refractivity contribution in [2.75, 3.05) is 13.7 Å². The number of rotatable bonds is 6. The van der Waals surface area contributed by atoms with Crippen LogP contribution >= 0.6 is 11.6 Å². The third-order valence-electron chi connectivity index (χ3n) is 5.29. The molecule has 2 heterocycles. The molecule has 0 aliphatic heterocycles. The molecule has 1 amide bonds. The van der Waals surface area contributed by atoms with Gasteiger partial charge in [0.2, 0.25) is 5.91 Å². The summed E-state index contributed by atoms with van der Waals surface area (Å²) >= 11 is 6.21. The van der Waals surface area contributed by atoms with E-state index >= 15 is 0 Å². The standard InChI is InChI=1S/C23H21ClN2O4/c1-13-16-9-18(24)21(29-2)11-20(16)30-23(28)17(13)10-22(27)25-8-7-14-12-26-19-6-4-3-5-15(14)19/h3-6,9,11-12,26H,7-8,10H2,1-2H3,(H,25,27). The summed E-state index contributed by atoms with van der Waals surface area (Å²) in [5, 5.41) is 5.13. The number of hydrogen-bond donors (Lipinski definition) is 2. The van der Waals surface area contributed by atoms with Gasteiger partial charge in [-0.3, -0.25) is 4.79 Å². The molecular weight excluding hydrogens is 404 g/mol. The third kappa shape index (κ3) is 3.78. The van der Waals surface area contributed by atoms with Crippen molar-refractivity contribution in [3.05, 3.63) is 74.7 Å². The highest BCUT2D eigenvalue weighted by Crippen LogP contribution is 2.31. The molecule has 7 heteroatoms. The average Bonchev–Trinajstić information content (AvgIpc) is 3.14. The number of aromatic nitrogens is 1. The molecule has 0 radical (unpaired) electrons. The molecule has 0 fully saturated rings. The highest BCUT2D eigenvalue weighted by atomic mass is 35.5. The number of carbonyl (C=O) groups excluding carboxylic acids is 1. The number of methoxy groups -OCH3 is 1. The monoisotopic (exact) mass is 424 g/mol. The number of benzene rings is 2. The number of carbonyl (C=O) groups is 1. The lowest BCUT2D eigenvalue weighted by Crippen LogP contribution is -2.29. The number of aryl methyl sites for hydroxylation is 1. The molecule has 2 N–H and O–H groups in total. The SMILES string of the molecule is COc1cc2oc(=O)c(CC(=O)NCCc3c[nH]c4ccccc34)c(C)c2cc1Cl. The lowest BCUT2D eigenvalue weighted by Gasteiger charge is -2.10. The largest absolute Gasteiger partial charge is 0.495 e. The van der Waals surface area contributed by atoms with Crippen molar-refractivity contribution in [1.29, 1.82) is 0 Å². The van der Waals surface area contributed by atoms with E-state index < -0.39 is 5.63 Å². The Morgan fingerprint density at radius 3 is 2.83 bits per heavy atom. The normalized spacial score (nSPS) is 11.2. The summed E-state index contributed by atoms with van der Waals surface area (Å²) in [4.78, 5) is 28.1. The van der Waals surface area contributed by atoms with Gasteiger partial charge in [0.25, 0.3) is 0 Å². The smallest absolute Gasteiger partial charge is 0.340 e. The van der Waals surface area contributed by atoms with Crippen LogP contribution in [0, 0.1) is 6.92 Å². The van der Waals surface area contributed by atoms with E-state index in [4.69, 9.17) is 20.8 Å². The maximum Gasteiger partial charge on any atom is 0.340 e. The van der Waals surface area contributed by atoms with Gasteiger partial charge in [0.15, 0.2) is 0 Å². The summed E-state index contributed by atoms with van der Waals surface area (Å²) in [6, 6.07) is 11.3. The van der Waals surface area contributed by atoms with E-state index in [1.807, 2.05) is 30.5 Å². The van der Waals surface area contributed by atoms with E-state index in [0.717, 1.165) is 16.5 Å². The van der Waals surface area contributed by atoms with Crippen LogP contribution in [0.4, 0.5) is 0 Å². The lowest BCUT2D eigenvalue weighted by molar-refractivity contribution is -0.120. The van der Waals surface area contributed by atoms with Gasteiger partial charge in [0, 0.05) is 35.1 Å². The van der Waals surface area contributed by atoms with Gasteiger partial charge in [-0.15, -0.1) is 0 Å². The number of ether oxygens (including phenoxy) is 1. The number of H-pyrrole nitrogens is 1. The van der Waals surface area contributed by atoms with Gasteiger partial charge >= 0.3 is 5.63 Å². The van der Waals surface area contributed by atoms with Crippen molar-refractivity contribution in [2.24, 2.45) is 0 Å². The first kappa shape index (κ1) is 20.0. The van der Waals surface area contributed by atoms with Crippen LogP contribution in [-0.4, -0.2) is 24.5 Å². The summed E-state index contributed by atoms with van der Waals surface area (Å²) in [6.07, 6.45) is 2.59. The molecule has 0 saturated heterocycles. The van der Waals surface area contributed by atoms with Crippen LogP contribution in [0.2, 0.25) is 5.02 Å². The van der Waals surface area contributed by atoms with Gasteiger partial charge in [-0.05, 0) is 36.6 Å². The maximum absolute atomic E-state index is 12.5. The fourth-order valence-electron chi connectivity index (χ4n) is 3.65. The van der Waals surface area contributed by atoms with E-state index in [2.05, 4.69) is 10.3 Å². The molecule has 2 aromatic carbocycles. The van der Waals surface area contributed by atoms with Crippen LogP contribution in [0.5, 0.6) is 5.75 Å². The Morgan fingerprint density at radius 2 is 2.03 bits per heavy atom. The molecule has 0 unspecified atom stereocenters. The number of aromatic amines is 1. The third-order valence-corrected chi connectivity index (χ3v) is 5.58. The van der Waals surface area contributed by atoms with Gasteiger partial charge in [0.05, 0.1) is 24.1 Å². The van der Waals surface area contributed by atoms with Crippen molar-refractivity contribution < 1.29 is 13.9 Å². The number of amides is 1. The van der Waals surface area contributed by atoms with Crippen LogP contribution in [-0.2, 0) is 17.6 Å². The molecular formula is C23H21ClN2O4. The Morgan fingerprint density at radius 1 is 1.23 bits per heavy atom. The summed E-state index contributed by atoms with van der Waals surface area (Å²) in [5.41, 5.74) is 3.05. The molecule has 0 aliphatic rings. The summed E-state index contributed by atoms with van der Waals surface area (Å²) in [6.45, 7) is 2.26. The zero-order chi connectivity index (χ0) is 21.3. The first-order valence-corrected chi connectivity index (χ1v) is 9.97. The van der Waals surface area contributed by atoms with Crippen molar-refractivity contribution in [1.82, 2.24) is 10.3 Å². The predicted molar refractivity (Wildman–Crippen MR) is 117 cm³/mol. The van der Waals surface area contributed by atoms with E-state index in [0.29, 0.717) is 45.8 Å². The highest BCUT2D eigenvalue weighted by Gasteiger charge is 2.17. The van der Waals surface area contributed by atoms with Crippen molar-refractivity contribution in [3.63, 3.8) is 0 Å². The van der Waals surface area contributed by atoms with Crippen LogP contribution in [0.1, 0.15) is 16.7 Å². The van der Waals surface area contributed by atoms with Crippen molar-refractivity contribution >= 4 is 39.4 Å². The first-order valence-electron chi connectivity index (χ1n) is 9.59. The fraction of sp³-hybridized carbons (Fsp3) is 0.217. The minimum atomic E-state index is -0.531. The molecule has 0 spiro atoms. The Hall–Kier alpha value is -3.25. The molecule has 4 aromatic rings. The summed E-state index contributed by atoms with van der Waals surface area (Å²) in [7, 11) is 1.49. The highest BCUT2D eigenvalue weighted by molar-refractivity contribution is 6.32. The van der Waals surface area contributed by atoms with Gasteiger partial charge in [-0.1, -0.05) is 29.8 Å². The number of halogens is 1. The molecule has 6 nitrogen and oxygen atoms in total. The average molecular weight is 425 g/mol. The summed E-state index contributed by atoms with van der Waals surface area (Å²) in [5.74, 6) is 0.193. The maximum atomic E-state index is 12.5. The molecule has 154 valence electrons. The number of fused-ring (bicyclic) bond motifs is 2. The quantitative estimate of drug-likeness (QED) is 0.455. The van der Waals surface area contributed by atoms with E-state index in [-0.39, 0.29) is 12.3 Å². The van der Waals surface area contributed by atoms with Gasteiger partial charge < -0.3 is 19.5 Å². The van der Waals surface area contributed by atoms with E-state index in [1.165, 1.54) is 7.11 Å². The molecule has 30 heavy (non-hydrogen) atoms. The number of nitrogens with one attached hydrogen (secondary N) is 2. The van der Waals surface area contributed by atoms with E-state index in [1.54, 1.807) is 19.1 Å². The number of para-hydroxylation sites is 1. The Bertz CT molecular complexity index is 1310. The van der Waals surface area contributed by atoms with Crippen LogP contribution in [0.3, 0.4) is 0 Å². The molecule has 0 bridgehead atoms. The fourth-order valence-corrected chi connectivity index (χ4v) is 3.89. The molecule has 4 rings (SSSR count). The van der Waals surface area contributed by atoms with E-state index in [9.17, 15) is 9.59 Å². The molecule has 0 atom stereocenters. The topological polar surface area (TPSA) is 84.3 Å². The minimum Gasteiger partial charge on any atom is -0.495 e. The van der Waals surface area contributed by atoms with Crippen molar-refractivity contribution in [2.45, 2.75) is 19.8 Å². The Labute approximate surface area is 177 Å². The first-order chi connectivity index (χ1) is 14.5. The Balaban J connectivity index is 1.48. The molecule has 2 aromatic heterocycles.